The maximum atomic E-state index is 13.6. The number of carbonyl (C=O) groups is 1. The van der Waals surface area contributed by atoms with Crippen LogP contribution in [0.1, 0.15) is 5.56 Å². The first-order chi connectivity index (χ1) is 17.3. The predicted octanol–water partition coefficient (Wildman–Crippen LogP) is 5.36. The average Bonchev–Trinajstić information content (AvgIpc) is 3.28. The van der Waals surface area contributed by atoms with E-state index in [1.165, 1.54) is 12.3 Å². The van der Waals surface area contributed by atoms with Crippen LogP contribution in [0.5, 0.6) is 0 Å². The molecule has 0 bridgehead atoms. The Morgan fingerprint density at radius 2 is 1.81 bits per heavy atom. The molecule has 0 saturated heterocycles. The molecule has 0 aliphatic carbocycles. The molecule has 2 heterocycles. The van der Waals surface area contributed by atoms with Crippen LogP contribution in [-0.4, -0.2) is 37.3 Å². The highest BCUT2D eigenvalue weighted by Crippen LogP contribution is 2.46. The van der Waals surface area contributed by atoms with Gasteiger partial charge in [0.15, 0.2) is 0 Å². The number of hydrogen-bond donors (Lipinski definition) is 2. The Morgan fingerprint density at radius 3 is 2.58 bits per heavy atom. The van der Waals surface area contributed by atoms with Crippen LogP contribution in [0.15, 0.2) is 76.7 Å². The van der Waals surface area contributed by atoms with Gasteiger partial charge >= 0.3 is 0 Å². The zero-order chi connectivity index (χ0) is 25.4. The fourth-order valence-electron chi connectivity index (χ4n) is 3.85. The molecule has 0 atom stereocenters. The van der Waals surface area contributed by atoms with Crippen molar-refractivity contribution < 1.29 is 13.2 Å². The molecule has 36 heavy (non-hydrogen) atoms. The molecule has 0 saturated carbocycles. The fraction of sp³-hybridized carbons (Fsp3) is 0.0417. The van der Waals surface area contributed by atoms with Gasteiger partial charge in [-0.05, 0) is 30.3 Å². The topological polar surface area (TPSA) is 108 Å². The van der Waals surface area contributed by atoms with Gasteiger partial charge in [0.25, 0.3) is 15.9 Å². The number of hydrazone groups is 1. The summed E-state index contributed by atoms with van der Waals surface area (Å²) in [6.45, 7) is -0.539. The Morgan fingerprint density at radius 1 is 1.03 bits per heavy atom. The summed E-state index contributed by atoms with van der Waals surface area (Å²) in [7, 11) is -4.10. The molecule has 8 nitrogen and oxygen atoms in total. The van der Waals surface area contributed by atoms with Crippen LogP contribution in [0.3, 0.4) is 0 Å². The number of benzene rings is 3. The molecule has 1 aliphatic heterocycles. The van der Waals surface area contributed by atoms with E-state index in [1.807, 2.05) is 0 Å². The number of rotatable bonds is 5. The van der Waals surface area contributed by atoms with Crippen LogP contribution in [0.4, 0.5) is 5.69 Å². The number of aromatic amines is 1. The summed E-state index contributed by atoms with van der Waals surface area (Å²) in [4.78, 5) is 12.9. The third kappa shape index (κ3) is 4.46. The summed E-state index contributed by atoms with van der Waals surface area (Å²) in [6.07, 6.45) is 1.34. The fourth-order valence-corrected chi connectivity index (χ4v) is 6.14. The first-order valence-corrected chi connectivity index (χ1v) is 13.1. The summed E-state index contributed by atoms with van der Waals surface area (Å²) in [6, 6.07) is 18.2. The molecule has 4 aromatic rings. The van der Waals surface area contributed by atoms with Crippen molar-refractivity contribution in [3.8, 4) is 22.5 Å². The normalized spacial score (nSPS) is 13.9. The van der Waals surface area contributed by atoms with Crippen molar-refractivity contribution in [3.05, 3.63) is 87.4 Å². The molecular formula is C24H16Cl3N5O3S. The molecule has 0 spiro atoms. The summed E-state index contributed by atoms with van der Waals surface area (Å²) in [5.41, 5.74) is 5.00. The van der Waals surface area contributed by atoms with Crippen molar-refractivity contribution in [2.24, 2.45) is 5.10 Å². The minimum absolute atomic E-state index is 0.0584. The predicted molar refractivity (Wildman–Crippen MR) is 141 cm³/mol. The number of sulfonamides is 1. The van der Waals surface area contributed by atoms with Gasteiger partial charge < -0.3 is 0 Å². The molecule has 1 aromatic heterocycles. The summed E-state index contributed by atoms with van der Waals surface area (Å²) < 4.78 is 28.3. The number of anilines is 1. The zero-order valence-electron chi connectivity index (χ0n) is 18.2. The quantitative estimate of drug-likeness (QED) is 0.253. The van der Waals surface area contributed by atoms with Crippen molar-refractivity contribution in [2.75, 3.05) is 10.8 Å². The Hall–Kier alpha value is -3.37. The van der Waals surface area contributed by atoms with E-state index in [0.717, 1.165) is 4.31 Å². The Kier molecular flexibility index (Phi) is 6.48. The van der Waals surface area contributed by atoms with Gasteiger partial charge in [-0.2, -0.15) is 10.2 Å². The van der Waals surface area contributed by atoms with E-state index in [9.17, 15) is 13.2 Å². The van der Waals surface area contributed by atoms with Crippen molar-refractivity contribution in [1.82, 2.24) is 15.6 Å². The lowest BCUT2D eigenvalue weighted by Gasteiger charge is -2.29. The Bertz CT molecular complexity index is 1640. The minimum Gasteiger partial charge on any atom is -0.275 e. The number of fused-ring (bicyclic) bond motifs is 3. The van der Waals surface area contributed by atoms with E-state index < -0.39 is 22.5 Å². The van der Waals surface area contributed by atoms with Gasteiger partial charge in [-0.25, -0.2) is 13.8 Å². The molecule has 3 aromatic carbocycles. The van der Waals surface area contributed by atoms with E-state index in [4.69, 9.17) is 34.8 Å². The summed E-state index contributed by atoms with van der Waals surface area (Å²) >= 11 is 18.2. The van der Waals surface area contributed by atoms with E-state index in [1.54, 1.807) is 60.7 Å². The maximum Gasteiger partial charge on any atom is 0.265 e. The molecule has 0 radical (unpaired) electrons. The van der Waals surface area contributed by atoms with Crippen molar-refractivity contribution in [1.29, 1.82) is 0 Å². The Balaban J connectivity index is 1.51. The van der Waals surface area contributed by atoms with Crippen molar-refractivity contribution >= 4 is 62.6 Å². The average molecular weight is 561 g/mol. The number of carbonyl (C=O) groups excluding carboxylic acids is 1. The first-order valence-electron chi connectivity index (χ1n) is 10.5. The number of aromatic nitrogens is 2. The molecule has 1 aliphatic rings. The molecule has 5 rings (SSSR count). The minimum atomic E-state index is -4.10. The van der Waals surface area contributed by atoms with Gasteiger partial charge in [0.1, 0.15) is 17.9 Å². The van der Waals surface area contributed by atoms with Crippen LogP contribution in [0.2, 0.25) is 15.1 Å². The lowest BCUT2D eigenvalue weighted by molar-refractivity contribution is -0.119. The SMILES string of the molecule is O=C(CN1c2c(-c3cccc(Cl)c3)n[nH]c2-c2ccccc2S1(=O)=O)N/N=C/c1ccc(Cl)cc1Cl. The number of amides is 1. The smallest absolute Gasteiger partial charge is 0.265 e. The third-order valence-corrected chi connectivity index (χ3v) is 8.06. The maximum absolute atomic E-state index is 13.6. The molecule has 12 heteroatoms. The van der Waals surface area contributed by atoms with Crippen LogP contribution >= 0.6 is 34.8 Å². The van der Waals surface area contributed by atoms with Crippen LogP contribution in [-0.2, 0) is 14.8 Å². The second-order valence-electron chi connectivity index (χ2n) is 7.77. The van der Waals surface area contributed by atoms with Crippen molar-refractivity contribution in [2.45, 2.75) is 4.90 Å². The summed E-state index contributed by atoms with van der Waals surface area (Å²) in [5, 5.41) is 12.5. The molecule has 2 N–H and O–H groups in total. The highest BCUT2D eigenvalue weighted by Gasteiger charge is 2.39. The standard InChI is InChI=1S/C24H16Cl3N5O3S/c25-16-5-3-4-14(10-16)22-24-23(31-30-22)18-6-1-2-7-20(18)36(34,35)32(24)13-21(33)29-28-12-15-8-9-17(26)11-19(15)27/h1-12H,13H2,(H,29,33)(H,30,31)/b28-12+. The highest BCUT2D eigenvalue weighted by molar-refractivity contribution is 7.93. The van der Waals surface area contributed by atoms with Gasteiger partial charge in [-0.15, -0.1) is 0 Å². The number of nitrogens with one attached hydrogen (secondary N) is 2. The van der Waals surface area contributed by atoms with Crippen LogP contribution < -0.4 is 9.73 Å². The first kappa shape index (κ1) is 24.3. The largest absolute Gasteiger partial charge is 0.275 e. The zero-order valence-corrected chi connectivity index (χ0v) is 21.3. The second kappa shape index (κ2) is 9.59. The lowest BCUT2D eigenvalue weighted by atomic mass is 10.1. The molecule has 0 fully saturated rings. The highest BCUT2D eigenvalue weighted by atomic mass is 35.5. The number of nitrogens with zero attached hydrogens (tertiary/aromatic N) is 3. The third-order valence-electron chi connectivity index (χ3n) is 5.46. The summed E-state index contributed by atoms with van der Waals surface area (Å²) in [5.74, 6) is -0.663. The number of hydrogen-bond acceptors (Lipinski definition) is 5. The van der Waals surface area contributed by atoms with E-state index in [0.29, 0.717) is 43.1 Å². The van der Waals surface area contributed by atoms with Gasteiger partial charge in [0.2, 0.25) is 0 Å². The van der Waals surface area contributed by atoms with Gasteiger partial charge in [-0.1, -0.05) is 71.2 Å². The van der Waals surface area contributed by atoms with E-state index >= 15 is 0 Å². The van der Waals surface area contributed by atoms with E-state index in [-0.39, 0.29) is 10.6 Å². The van der Waals surface area contributed by atoms with E-state index in [2.05, 4.69) is 20.7 Å². The molecule has 1 amide bonds. The second-order valence-corrected chi connectivity index (χ2v) is 10.9. The van der Waals surface area contributed by atoms with Crippen molar-refractivity contribution in [3.63, 3.8) is 0 Å². The van der Waals surface area contributed by atoms with Crippen LogP contribution in [0, 0.1) is 0 Å². The molecular weight excluding hydrogens is 545 g/mol. The van der Waals surface area contributed by atoms with Gasteiger partial charge in [0.05, 0.1) is 21.8 Å². The monoisotopic (exact) mass is 559 g/mol. The Labute approximate surface area is 221 Å². The molecule has 182 valence electrons. The van der Waals surface area contributed by atoms with Gasteiger partial charge in [-0.3, -0.25) is 14.2 Å². The van der Waals surface area contributed by atoms with Gasteiger partial charge in [0, 0.05) is 26.7 Å². The molecule has 0 unspecified atom stereocenters. The lowest BCUT2D eigenvalue weighted by Crippen LogP contribution is -2.41. The number of halogens is 3. The number of H-pyrrole nitrogens is 1. The van der Waals surface area contributed by atoms with Crippen LogP contribution in [0.25, 0.3) is 22.5 Å².